The molecule has 1 aliphatic carbocycles. The first-order chi connectivity index (χ1) is 12.3. The van der Waals surface area contributed by atoms with E-state index in [9.17, 15) is 0 Å². The summed E-state index contributed by atoms with van der Waals surface area (Å²) in [5, 5.41) is 6.30. The maximum absolute atomic E-state index is 6.36. The lowest BCUT2D eigenvalue weighted by molar-refractivity contribution is 0.447. The number of anilines is 1. The van der Waals surface area contributed by atoms with Crippen LogP contribution in [0.15, 0.2) is 23.6 Å². The van der Waals surface area contributed by atoms with Gasteiger partial charge in [-0.05, 0) is 42.2 Å². The second-order valence-corrected chi connectivity index (χ2v) is 9.21. The number of aromatic nitrogens is 1. The van der Waals surface area contributed by atoms with Gasteiger partial charge >= 0.3 is 0 Å². The Morgan fingerprint density at radius 3 is 2.84 bits per heavy atom. The molecule has 0 bridgehead atoms. The van der Waals surface area contributed by atoms with Crippen molar-refractivity contribution in [2.24, 2.45) is 0 Å². The van der Waals surface area contributed by atoms with Crippen molar-refractivity contribution in [3.63, 3.8) is 0 Å². The van der Waals surface area contributed by atoms with Crippen molar-refractivity contribution < 1.29 is 0 Å². The van der Waals surface area contributed by atoms with E-state index in [4.69, 9.17) is 16.6 Å². The molecule has 0 atom stereocenters. The van der Waals surface area contributed by atoms with E-state index in [0.717, 1.165) is 24.2 Å². The van der Waals surface area contributed by atoms with Crippen molar-refractivity contribution in [3.8, 4) is 0 Å². The van der Waals surface area contributed by atoms with Crippen LogP contribution >= 0.6 is 34.3 Å². The molecule has 4 rings (SSSR count). The van der Waals surface area contributed by atoms with Gasteiger partial charge in [0.25, 0.3) is 0 Å². The number of pyridine rings is 1. The maximum atomic E-state index is 6.36. The zero-order chi connectivity index (χ0) is 17.2. The summed E-state index contributed by atoms with van der Waals surface area (Å²) in [6.07, 6.45) is 7.79. The molecule has 0 aliphatic heterocycles. The fourth-order valence-electron chi connectivity index (χ4n) is 3.86. The molecular weight excluding hydrogens is 368 g/mol. The Bertz CT molecular complexity index is 848. The van der Waals surface area contributed by atoms with Crippen molar-refractivity contribution >= 4 is 50.2 Å². The quantitative estimate of drug-likeness (QED) is 0.464. The number of fused-ring (bicyclic) bond motifs is 1. The summed E-state index contributed by atoms with van der Waals surface area (Å²) < 4.78 is 1.28. The highest BCUT2D eigenvalue weighted by Crippen LogP contribution is 2.44. The summed E-state index contributed by atoms with van der Waals surface area (Å²) in [4.78, 5) is 7.60. The average Bonchev–Trinajstić information content (AvgIpc) is 3.27. The first-order valence-corrected chi connectivity index (χ1v) is 11.2. The van der Waals surface area contributed by atoms with Crippen LogP contribution in [0.25, 0.3) is 10.2 Å². The summed E-state index contributed by atoms with van der Waals surface area (Å²) in [5.74, 6) is 0.715. The highest BCUT2D eigenvalue weighted by molar-refractivity contribution is 7.20. The van der Waals surface area contributed by atoms with E-state index in [0.29, 0.717) is 11.1 Å². The van der Waals surface area contributed by atoms with Gasteiger partial charge in [-0.15, -0.1) is 22.7 Å². The highest BCUT2D eigenvalue weighted by Gasteiger charge is 2.24. The molecule has 3 heterocycles. The normalized spacial score (nSPS) is 15.8. The van der Waals surface area contributed by atoms with Crippen LogP contribution in [0.2, 0.25) is 5.15 Å². The third-order valence-electron chi connectivity index (χ3n) is 5.10. The van der Waals surface area contributed by atoms with Crippen LogP contribution in [0.3, 0.4) is 0 Å². The lowest BCUT2D eigenvalue weighted by atomic mass is 9.86. The minimum absolute atomic E-state index is 0.587. The molecule has 1 fully saturated rings. The molecule has 0 unspecified atom stereocenters. The fraction of sp³-hybridized carbons (Fsp3) is 0.450. The average molecular weight is 391 g/mol. The Hall–Kier alpha value is -1.10. The molecule has 3 aromatic heterocycles. The highest BCUT2D eigenvalue weighted by atomic mass is 35.5. The summed E-state index contributed by atoms with van der Waals surface area (Å²) in [7, 11) is 0. The lowest BCUT2D eigenvalue weighted by Crippen LogP contribution is -2.04. The van der Waals surface area contributed by atoms with Crippen LogP contribution in [0.5, 0.6) is 0 Å². The molecule has 132 valence electrons. The standard InChI is InChI=1S/C20H23ClN2S2/c1-2-15-18-20(25-19(15)13-7-4-3-5-8-13)16(11-17(21)23-18)22-12-14-9-6-10-24-14/h6,9-11,13H,2-5,7-8,12H2,1H3,(H,22,23). The van der Waals surface area contributed by atoms with E-state index < -0.39 is 0 Å². The smallest absolute Gasteiger partial charge is 0.131 e. The number of thiophene rings is 2. The minimum Gasteiger partial charge on any atom is -0.379 e. The van der Waals surface area contributed by atoms with Crippen molar-refractivity contribution in [1.29, 1.82) is 0 Å². The molecule has 5 heteroatoms. The molecule has 2 nitrogen and oxygen atoms in total. The van der Waals surface area contributed by atoms with Gasteiger partial charge in [0.1, 0.15) is 5.15 Å². The van der Waals surface area contributed by atoms with Gasteiger partial charge in [0.15, 0.2) is 0 Å². The first kappa shape index (κ1) is 17.3. The molecule has 0 amide bonds. The maximum Gasteiger partial charge on any atom is 0.131 e. The number of rotatable bonds is 5. The largest absolute Gasteiger partial charge is 0.379 e. The first-order valence-electron chi connectivity index (χ1n) is 9.14. The van der Waals surface area contributed by atoms with Crippen LogP contribution in [-0.2, 0) is 13.0 Å². The van der Waals surface area contributed by atoms with Crippen LogP contribution in [0, 0.1) is 0 Å². The van der Waals surface area contributed by atoms with Crippen LogP contribution in [-0.4, -0.2) is 4.98 Å². The Balaban J connectivity index is 1.73. The van der Waals surface area contributed by atoms with Gasteiger partial charge in [-0.1, -0.05) is 43.9 Å². The number of hydrogen-bond donors (Lipinski definition) is 1. The number of nitrogens with one attached hydrogen (secondary N) is 1. The minimum atomic E-state index is 0.587. The van der Waals surface area contributed by atoms with Gasteiger partial charge in [-0.25, -0.2) is 4.98 Å². The Labute approximate surface area is 162 Å². The Morgan fingerprint density at radius 2 is 2.12 bits per heavy atom. The topological polar surface area (TPSA) is 24.9 Å². The molecule has 0 radical (unpaired) electrons. The molecule has 3 aromatic rings. The van der Waals surface area contributed by atoms with Crippen LogP contribution < -0.4 is 5.32 Å². The van der Waals surface area contributed by atoms with Crippen LogP contribution in [0.4, 0.5) is 5.69 Å². The van der Waals surface area contributed by atoms with E-state index in [-0.39, 0.29) is 0 Å². The third kappa shape index (κ3) is 3.57. The van der Waals surface area contributed by atoms with Gasteiger partial charge < -0.3 is 5.32 Å². The number of halogens is 1. The fourth-order valence-corrected chi connectivity index (χ4v) is 6.19. The Morgan fingerprint density at radius 1 is 1.28 bits per heavy atom. The molecule has 1 aliphatic rings. The molecule has 1 saturated carbocycles. The molecule has 1 N–H and O–H groups in total. The van der Waals surface area contributed by atoms with E-state index in [2.05, 4.69) is 29.8 Å². The second kappa shape index (κ2) is 7.65. The van der Waals surface area contributed by atoms with Gasteiger partial charge in [0, 0.05) is 22.4 Å². The molecule has 25 heavy (non-hydrogen) atoms. The predicted molar refractivity (Wildman–Crippen MR) is 111 cm³/mol. The third-order valence-corrected chi connectivity index (χ3v) is 7.59. The molecular formula is C20H23ClN2S2. The summed E-state index contributed by atoms with van der Waals surface area (Å²) >= 11 is 10.1. The summed E-state index contributed by atoms with van der Waals surface area (Å²) in [5.41, 5.74) is 3.67. The molecule has 0 spiro atoms. The van der Waals surface area contributed by atoms with Crippen molar-refractivity contribution in [2.75, 3.05) is 5.32 Å². The number of aryl methyl sites for hydroxylation is 1. The summed E-state index contributed by atoms with van der Waals surface area (Å²) in [6, 6.07) is 6.24. The molecule has 0 saturated heterocycles. The van der Waals surface area contributed by atoms with Crippen molar-refractivity contribution in [3.05, 3.63) is 44.1 Å². The van der Waals surface area contributed by atoms with Gasteiger partial charge in [0.2, 0.25) is 0 Å². The Kier molecular flexibility index (Phi) is 5.30. The van der Waals surface area contributed by atoms with E-state index in [1.165, 1.54) is 47.2 Å². The van der Waals surface area contributed by atoms with Crippen molar-refractivity contribution in [2.45, 2.75) is 57.9 Å². The zero-order valence-corrected chi connectivity index (χ0v) is 16.9. The van der Waals surface area contributed by atoms with E-state index in [1.54, 1.807) is 16.2 Å². The van der Waals surface area contributed by atoms with E-state index >= 15 is 0 Å². The number of nitrogens with zero attached hydrogens (tertiary/aromatic N) is 1. The molecule has 0 aromatic carbocycles. The van der Waals surface area contributed by atoms with Crippen LogP contribution in [0.1, 0.15) is 60.3 Å². The SMILES string of the molecule is CCc1c(C2CCCCC2)sc2c(NCc3cccs3)cc(Cl)nc12. The van der Waals surface area contributed by atoms with Crippen molar-refractivity contribution in [1.82, 2.24) is 4.98 Å². The van der Waals surface area contributed by atoms with Gasteiger partial charge in [-0.3, -0.25) is 0 Å². The zero-order valence-electron chi connectivity index (χ0n) is 14.5. The van der Waals surface area contributed by atoms with Gasteiger partial charge in [0.05, 0.1) is 15.9 Å². The monoisotopic (exact) mass is 390 g/mol. The predicted octanol–water partition coefficient (Wildman–Crippen LogP) is 7.23. The second-order valence-electron chi connectivity index (χ2n) is 6.74. The summed E-state index contributed by atoms with van der Waals surface area (Å²) in [6.45, 7) is 3.08. The van der Waals surface area contributed by atoms with Gasteiger partial charge in [-0.2, -0.15) is 0 Å². The lowest BCUT2D eigenvalue weighted by Gasteiger charge is -2.21. The van der Waals surface area contributed by atoms with E-state index in [1.807, 2.05) is 17.4 Å². The number of hydrogen-bond acceptors (Lipinski definition) is 4.